The molecule has 4 heteroatoms. The smallest absolute Gasteiger partial charge is 0.135 e. The Labute approximate surface area is 170 Å². The highest BCUT2D eigenvalue weighted by molar-refractivity contribution is 5.78. The quantitative estimate of drug-likeness (QED) is 0.625. The summed E-state index contributed by atoms with van der Waals surface area (Å²) in [7, 11) is 1.91. The molecule has 0 aromatic carbocycles. The van der Waals surface area contributed by atoms with E-state index in [-0.39, 0.29) is 6.61 Å². The molecule has 2 heterocycles. The molecule has 0 bridgehead atoms. The lowest BCUT2D eigenvalue weighted by Gasteiger charge is -2.20. The molecule has 28 heavy (non-hydrogen) atoms. The second kappa shape index (κ2) is 9.83. The van der Waals surface area contributed by atoms with Crippen LogP contribution in [0.3, 0.4) is 0 Å². The number of aromatic nitrogens is 2. The minimum Gasteiger partial charge on any atom is -0.396 e. The van der Waals surface area contributed by atoms with Gasteiger partial charge in [-0.25, -0.2) is 4.98 Å². The average molecular weight is 382 g/mol. The standard InChI is InChI=1S/C24H35N3O/c1-8-18(16(5)12-13-28)20-14-17(6)23(26-21(20)9-2)19-10-11-22(15(3)4)27-24(19)25-7/h8,10-11,14-16,28H,9,12-13H2,1-7H3,(H,25,27)/b18-8-/t16-/m0/s1. The van der Waals surface area contributed by atoms with Crippen LogP contribution in [-0.2, 0) is 6.42 Å². The zero-order valence-electron chi connectivity index (χ0n) is 18.4. The second-order valence-electron chi connectivity index (χ2n) is 7.70. The molecule has 0 amide bonds. The lowest BCUT2D eigenvalue weighted by atomic mass is 9.88. The number of hydrogen-bond donors (Lipinski definition) is 2. The average Bonchev–Trinajstić information content (AvgIpc) is 2.68. The predicted octanol–water partition coefficient (Wildman–Crippen LogP) is 5.60. The normalized spacial score (nSPS) is 13.1. The van der Waals surface area contributed by atoms with E-state index in [9.17, 15) is 5.11 Å². The monoisotopic (exact) mass is 381 g/mol. The van der Waals surface area contributed by atoms with Crippen LogP contribution in [0.15, 0.2) is 24.3 Å². The molecule has 152 valence electrons. The molecule has 0 saturated carbocycles. The first-order valence-corrected chi connectivity index (χ1v) is 10.3. The Morgan fingerprint density at radius 1 is 1.21 bits per heavy atom. The molecule has 2 N–H and O–H groups in total. The fourth-order valence-corrected chi connectivity index (χ4v) is 3.68. The van der Waals surface area contributed by atoms with Gasteiger partial charge in [-0.2, -0.15) is 0 Å². The first-order valence-electron chi connectivity index (χ1n) is 10.3. The van der Waals surface area contributed by atoms with Gasteiger partial charge in [-0.05, 0) is 73.4 Å². The van der Waals surface area contributed by atoms with Gasteiger partial charge in [0.2, 0.25) is 0 Å². The number of aliphatic hydroxyl groups is 1. The Balaban J connectivity index is 2.60. The molecular weight excluding hydrogens is 346 g/mol. The molecule has 0 radical (unpaired) electrons. The lowest BCUT2D eigenvalue weighted by molar-refractivity contribution is 0.276. The minimum absolute atomic E-state index is 0.198. The lowest BCUT2D eigenvalue weighted by Crippen LogP contribution is -2.08. The number of rotatable bonds is 8. The number of aliphatic hydroxyl groups excluding tert-OH is 1. The van der Waals surface area contributed by atoms with Crippen molar-refractivity contribution in [2.75, 3.05) is 19.0 Å². The summed E-state index contributed by atoms with van der Waals surface area (Å²) in [4.78, 5) is 9.87. The summed E-state index contributed by atoms with van der Waals surface area (Å²) in [6.45, 7) is 13.0. The molecule has 2 aromatic rings. The largest absolute Gasteiger partial charge is 0.396 e. The third kappa shape index (κ3) is 4.61. The van der Waals surface area contributed by atoms with Gasteiger partial charge in [0.05, 0.1) is 5.69 Å². The Morgan fingerprint density at radius 2 is 1.93 bits per heavy atom. The SMILES string of the molecule is C/C=C(\c1cc(C)c(-c2ccc(C(C)C)nc2NC)nc1CC)[C@@H](C)CCO. The van der Waals surface area contributed by atoms with Gasteiger partial charge in [0, 0.05) is 30.6 Å². The Hall–Kier alpha value is -2.20. The topological polar surface area (TPSA) is 58.0 Å². The summed E-state index contributed by atoms with van der Waals surface area (Å²) < 4.78 is 0. The third-order valence-electron chi connectivity index (χ3n) is 5.34. The summed E-state index contributed by atoms with van der Waals surface area (Å²) in [5.41, 5.74) is 7.79. The van der Waals surface area contributed by atoms with E-state index in [1.165, 1.54) is 11.1 Å². The first kappa shape index (κ1) is 22.1. The van der Waals surface area contributed by atoms with Gasteiger partial charge >= 0.3 is 0 Å². The van der Waals surface area contributed by atoms with Gasteiger partial charge in [-0.1, -0.05) is 33.8 Å². The third-order valence-corrected chi connectivity index (χ3v) is 5.34. The summed E-state index contributed by atoms with van der Waals surface area (Å²) in [5, 5.41) is 12.6. The number of nitrogens with one attached hydrogen (secondary N) is 1. The van der Waals surface area contributed by atoms with Crippen molar-refractivity contribution in [3.63, 3.8) is 0 Å². The van der Waals surface area contributed by atoms with Gasteiger partial charge in [-0.15, -0.1) is 0 Å². The van der Waals surface area contributed by atoms with Crippen molar-refractivity contribution in [1.82, 2.24) is 9.97 Å². The maximum Gasteiger partial charge on any atom is 0.135 e. The fourth-order valence-electron chi connectivity index (χ4n) is 3.68. The highest BCUT2D eigenvalue weighted by Gasteiger charge is 2.19. The molecule has 0 aliphatic carbocycles. The van der Waals surface area contributed by atoms with Crippen LogP contribution < -0.4 is 5.32 Å². The van der Waals surface area contributed by atoms with E-state index in [0.29, 0.717) is 11.8 Å². The summed E-state index contributed by atoms with van der Waals surface area (Å²) >= 11 is 0. The van der Waals surface area contributed by atoms with E-state index in [4.69, 9.17) is 9.97 Å². The van der Waals surface area contributed by atoms with E-state index in [1.807, 2.05) is 7.05 Å². The Kier molecular flexibility index (Phi) is 7.76. The van der Waals surface area contributed by atoms with Crippen LogP contribution in [0.5, 0.6) is 0 Å². The zero-order valence-corrected chi connectivity index (χ0v) is 18.4. The van der Waals surface area contributed by atoms with Gasteiger partial charge in [0.25, 0.3) is 0 Å². The maximum atomic E-state index is 9.36. The van der Waals surface area contributed by atoms with Crippen molar-refractivity contribution in [3.05, 3.63) is 46.8 Å². The van der Waals surface area contributed by atoms with E-state index in [1.54, 1.807) is 0 Å². The van der Waals surface area contributed by atoms with Crippen LogP contribution in [0.1, 0.15) is 69.5 Å². The van der Waals surface area contributed by atoms with E-state index in [2.05, 4.69) is 71.1 Å². The highest BCUT2D eigenvalue weighted by Crippen LogP contribution is 2.34. The van der Waals surface area contributed by atoms with Crippen molar-refractivity contribution in [2.24, 2.45) is 5.92 Å². The molecule has 0 spiro atoms. The Morgan fingerprint density at radius 3 is 2.46 bits per heavy atom. The predicted molar refractivity (Wildman–Crippen MR) is 120 cm³/mol. The number of hydrogen-bond acceptors (Lipinski definition) is 4. The summed E-state index contributed by atoms with van der Waals surface area (Å²) in [6.07, 6.45) is 3.78. The number of anilines is 1. The van der Waals surface area contributed by atoms with Crippen LogP contribution >= 0.6 is 0 Å². The molecule has 0 unspecified atom stereocenters. The zero-order chi connectivity index (χ0) is 20.8. The van der Waals surface area contributed by atoms with Crippen LogP contribution in [0, 0.1) is 12.8 Å². The van der Waals surface area contributed by atoms with Gasteiger partial charge in [-0.3, -0.25) is 4.98 Å². The summed E-state index contributed by atoms with van der Waals surface area (Å²) in [6, 6.07) is 6.48. The molecule has 0 aliphatic rings. The van der Waals surface area contributed by atoms with E-state index in [0.717, 1.165) is 46.9 Å². The van der Waals surface area contributed by atoms with E-state index < -0.39 is 0 Å². The molecule has 4 nitrogen and oxygen atoms in total. The molecule has 0 aliphatic heterocycles. The van der Waals surface area contributed by atoms with Gasteiger partial charge in [0.15, 0.2) is 0 Å². The van der Waals surface area contributed by atoms with Gasteiger partial charge < -0.3 is 10.4 Å². The maximum absolute atomic E-state index is 9.36. The van der Waals surface area contributed by atoms with Gasteiger partial charge in [0.1, 0.15) is 5.82 Å². The van der Waals surface area contributed by atoms with Crippen LogP contribution in [-0.4, -0.2) is 28.7 Å². The second-order valence-corrected chi connectivity index (χ2v) is 7.70. The molecular formula is C24H35N3O. The minimum atomic E-state index is 0.198. The first-order chi connectivity index (χ1) is 13.4. The summed E-state index contributed by atoms with van der Waals surface area (Å²) in [5.74, 6) is 1.55. The van der Waals surface area contributed by atoms with Crippen LogP contribution in [0.2, 0.25) is 0 Å². The molecule has 2 rings (SSSR count). The molecule has 0 saturated heterocycles. The van der Waals surface area contributed by atoms with Crippen LogP contribution in [0.25, 0.3) is 16.8 Å². The molecule has 2 aromatic heterocycles. The van der Waals surface area contributed by atoms with Crippen molar-refractivity contribution < 1.29 is 5.11 Å². The molecule has 0 fully saturated rings. The number of nitrogens with zero attached hydrogens (tertiary/aromatic N) is 2. The van der Waals surface area contributed by atoms with Crippen LogP contribution in [0.4, 0.5) is 5.82 Å². The Bertz CT molecular complexity index is 840. The van der Waals surface area contributed by atoms with Crippen molar-refractivity contribution in [1.29, 1.82) is 0 Å². The number of pyridine rings is 2. The highest BCUT2D eigenvalue weighted by atomic mass is 16.3. The number of aryl methyl sites for hydroxylation is 2. The van der Waals surface area contributed by atoms with Crippen molar-refractivity contribution in [3.8, 4) is 11.3 Å². The number of allylic oxidation sites excluding steroid dienone is 2. The van der Waals surface area contributed by atoms with Crippen molar-refractivity contribution in [2.45, 2.75) is 60.3 Å². The fraction of sp³-hybridized carbons (Fsp3) is 0.500. The van der Waals surface area contributed by atoms with Crippen molar-refractivity contribution >= 4 is 11.4 Å². The van der Waals surface area contributed by atoms with E-state index >= 15 is 0 Å². The molecule has 1 atom stereocenters.